The zero-order valence-electron chi connectivity index (χ0n) is 15.7. The van der Waals surface area contributed by atoms with Crippen molar-refractivity contribution in [2.24, 2.45) is 0 Å². The van der Waals surface area contributed by atoms with Gasteiger partial charge in [0.05, 0.1) is 17.2 Å². The summed E-state index contributed by atoms with van der Waals surface area (Å²) in [5.74, 6) is 0.623. The Bertz CT molecular complexity index is 789. The zero-order chi connectivity index (χ0) is 19.2. The Hall–Kier alpha value is -1.86. The molecule has 27 heavy (non-hydrogen) atoms. The fraction of sp³-hybridized carbons (Fsp3) is 0.450. The molecular formula is C20H25N3O2S2. The molecule has 7 heteroatoms. The van der Waals surface area contributed by atoms with Crippen LogP contribution in [0.4, 0.5) is 5.13 Å². The number of benzene rings is 1. The first-order valence-corrected chi connectivity index (χ1v) is 11.3. The highest BCUT2D eigenvalue weighted by Crippen LogP contribution is 2.25. The predicted molar refractivity (Wildman–Crippen MR) is 113 cm³/mol. The van der Waals surface area contributed by atoms with Gasteiger partial charge in [0.15, 0.2) is 5.13 Å². The molecule has 0 aliphatic carbocycles. The van der Waals surface area contributed by atoms with Crippen LogP contribution in [0.15, 0.2) is 29.6 Å². The van der Waals surface area contributed by atoms with Gasteiger partial charge in [-0.15, -0.1) is 23.1 Å². The maximum Gasteiger partial charge on any atom is 0.236 e. The Morgan fingerprint density at radius 2 is 2.04 bits per heavy atom. The smallest absolute Gasteiger partial charge is 0.236 e. The quantitative estimate of drug-likeness (QED) is 0.785. The molecule has 1 aromatic heterocycles. The molecule has 1 fully saturated rings. The van der Waals surface area contributed by atoms with E-state index in [4.69, 9.17) is 0 Å². The predicted octanol–water partition coefficient (Wildman–Crippen LogP) is 4.19. The van der Waals surface area contributed by atoms with Gasteiger partial charge in [0.25, 0.3) is 0 Å². The molecule has 0 bridgehead atoms. The Balaban J connectivity index is 1.44. The largest absolute Gasteiger partial charge is 0.339 e. The molecule has 0 saturated carbocycles. The van der Waals surface area contributed by atoms with Gasteiger partial charge in [0.2, 0.25) is 11.8 Å². The van der Waals surface area contributed by atoms with Crippen LogP contribution < -0.4 is 5.32 Å². The molecule has 1 aliphatic heterocycles. The summed E-state index contributed by atoms with van der Waals surface area (Å²) in [5.41, 5.74) is 3.10. The monoisotopic (exact) mass is 403 g/mol. The number of hydrogen-bond acceptors (Lipinski definition) is 5. The van der Waals surface area contributed by atoms with Crippen LogP contribution in [-0.4, -0.2) is 45.8 Å². The van der Waals surface area contributed by atoms with Gasteiger partial charge in [-0.3, -0.25) is 9.59 Å². The molecule has 3 rings (SSSR count). The van der Waals surface area contributed by atoms with Crippen molar-refractivity contribution in [1.29, 1.82) is 0 Å². The highest BCUT2D eigenvalue weighted by Gasteiger charge is 2.23. The van der Waals surface area contributed by atoms with Crippen LogP contribution in [0, 0.1) is 6.92 Å². The summed E-state index contributed by atoms with van der Waals surface area (Å²) < 4.78 is 0. The maximum atomic E-state index is 12.3. The minimum Gasteiger partial charge on any atom is -0.339 e. The normalized spacial score (nSPS) is 17.0. The topological polar surface area (TPSA) is 62.3 Å². The van der Waals surface area contributed by atoms with Crippen LogP contribution in [0.3, 0.4) is 0 Å². The third-order valence-corrected chi connectivity index (χ3v) is 6.35. The first kappa shape index (κ1) is 19.9. The van der Waals surface area contributed by atoms with E-state index in [1.165, 1.54) is 35.1 Å². The number of anilines is 1. The van der Waals surface area contributed by atoms with Crippen molar-refractivity contribution in [2.75, 3.05) is 23.4 Å². The van der Waals surface area contributed by atoms with Crippen LogP contribution in [0.1, 0.15) is 31.7 Å². The number of carbonyl (C=O) groups excluding carboxylic acids is 2. The number of nitrogens with zero attached hydrogens (tertiary/aromatic N) is 2. The van der Waals surface area contributed by atoms with E-state index >= 15 is 0 Å². The summed E-state index contributed by atoms with van der Waals surface area (Å²) in [7, 11) is 0. The molecule has 0 radical (unpaired) electrons. The first-order chi connectivity index (χ1) is 13.0. The number of thiazole rings is 1. The van der Waals surface area contributed by atoms with Gasteiger partial charge < -0.3 is 10.2 Å². The third-order valence-electron chi connectivity index (χ3n) is 4.68. The molecule has 2 aromatic rings. The van der Waals surface area contributed by atoms with Crippen LogP contribution in [0.25, 0.3) is 11.3 Å². The average molecular weight is 404 g/mol. The van der Waals surface area contributed by atoms with Crippen molar-refractivity contribution in [3.05, 3.63) is 35.2 Å². The van der Waals surface area contributed by atoms with E-state index in [2.05, 4.69) is 17.2 Å². The number of piperidine rings is 1. The van der Waals surface area contributed by atoms with E-state index in [9.17, 15) is 9.59 Å². The number of aryl methyl sites for hydroxylation is 1. The average Bonchev–Trinajstić information content (AvgIpc) is 3.11. The molecule has 1 N–H and O–H groups in total. The highest BCUT2D eigenvalue weighted by molar-refractivity contribution is 8.00. The summed E-state index contributed by atoms with van der Waals surface area (Å²) in [6.07, 6.45) is 3.34. The van der Waals surface area contributed by atoms with Crippen LogP contribution in [0.5, 0.6) is 0 Å². The van der Waals surface area contributed by atoms with Crippen LogP contribution >= 0.6 is 23.1 Å². The molecule has 0 spiro atoms. The third kappa shape index (κ3) is 5.56. The van der Waals surface area contributed by atoms with Crippen LogP contribution in [-0.2, 0) is 9.59 Å². The van der Waals surface area contributed by atoms with Gasteiger partial charge >= 0.3 is 0 Å². The minimum atomic E-state index is -0.121. The minimum absolute atomic E-state index is 0.121. The van der Waals surface area contributed by atoms with Gasteiger partial charge in [-0.1, -0.05) is 29.8 Å². The van der Waals surface area contributed by atoms with Crippen molar-refractivity contribution < 1.29 is 9.59 Å². The van der Waals surface area contributed by atoms with E-state index in [-0.39, 0.29) is 17.6 Å². The molecule has 1 atom stereocenters. The molecule has 1 aliphatic rings. The SMILES string of the molecule is Cc1ccc(-c2csc(NC(=O)CSCC(=O)N3CCCC[C@H]3C)n2)cc1. The molecule has 5 nitrogen and oxygen atoms in total. The highest BCUT2D eigenvalue weighted by atomic mass is 32.2. The van der Waals surface area contributed by atoms with E-state index in [0.29, 0.717) is 16.9 Å². The van der Waals surface area contributed by atoms with E-state index < -0.39 is 0 Å². The second-order valence-electron chi connectivity index (χ2n) is 6.88. The van der Waals surface area contributed by atoms with Crippen molar-refractivity contribution >= 4 is 40.0 Å². The molecule has 2 heterocycles. The van der Waals surface area contributed by atoms with Gasteiger partial charge in [-0.05, 0) is 33.1 Å². The summed E-state index contributed by atoms with van der Waals surface area (Å²) in [6.45, 7) is 4.99. The summed E-state index contributed by atoms with van der Waals surface area (Å²) in [4.78, 5) is 30.9. The van der Waals surface area contributed by atoms with Crippen molar-refractivity contribution in [3.8, 4) is 11.3 Å². The number of hydrogen-bond donors (Lipinski definition) is 1. The van der Waals surface area contributed by atoms with Gasteiger partial charge in [0, 0.05) is 23.5 Å². The Kier molecular flexibility index (Phi) is 6.90. The number of nitrogens with one attached hydrogen (secondary N) is 1. The van der Waals surface area contributed by atoms with Crippen molar-refractivity contribution in [1.82, 2.24) is 9.88 Å². The maximum absolute atomic E-state index is 12.3. The van der Waals surface area contributed by atoms with Gasteiger partial charge in [-0.25, -0.2) is 4.98 Å². The Morgan fingerprint density at radius 3 is 2.78 bits per heavy atom. The van der Waals surface area contributed by atoms with Crippen LogP contribution in [0.2, 0.25) is 0 Å². The van der Waals surface area contributed by atoms with E-state index in [1.807, 2.05) is 41.5 Å². The molecule has 2 amide bonds. The first-order valence-electron chi connectivity index (χ1n) is 9.22. The summed E-state index contributed by atoms with van der Waals surface area (Å²) in [5, 5.41) is 5.36. The van der Waals surface area contributed by atoms with E-state index in [0.717, 1.165) is 30.6 Å². The molecule has 1 saturated heterocycles. The van der Waals surface area contributed by atoms with E-state index in [1.54, 1.807) is 0 Å². The molecule has 144 valence electrons. The zero-order valence-corrected chi connectivity index (χ0v) is 17.4. The summed E-state index contributed by atoms with van der Waals surface area (Å²) >= 11 is 2.77. The number of likely N-dealkylation sites (tertiary alicyclic amines) is 1. The number of thioether (sulfide) groups is 1. The van der Waals surface area contributed by atoms with Gasteiger partial charge in [0.1, 0.15) is 0 Å². The number of aromatic nitrogens is 1. The lowest BCUT2D eigenvalue weighted by Crippen LogP contribution is -2.43. The van der Waals surface area contributed by atoms with Crippen molar-refractivity contribution in [3.63, 3.8) is 0 Å². The standard InChI is InChI=1S/C20H25N3O2S2/c1-14-6-8-16(9-7-14)17-11-27-20(21-17)22-18(24)12-26-13-19(25)23-10-4-3-5-15(23)2/h6-9,11,15H,3-5,10,12-13H2,1-2H3,(H,21,22,24)/t15-/m1/s1. The number of rotatable bonds is 6. The molecular weight excluding hydrogens is 378 g/mol. The lowest BCUT2D eigenvalue weighted by molar-refractivity contribution is -0.131. The molecule has 1 aromatic carbocycles. The fourth-order valence-corrected chi connectivity index (χ4v) is 4.56. The fourth-order valence-electron chi connectivity index (χ4n) is 3.13. The summed E-state index contributed by atoms with van der Waals surface area (Å²) in [6, 6.07) is 8.46. The Morgan fingerprint density at radius 1 is 1.26 bits per heavy atom. The number of carbonyl (C=O) groups is 2. The Labute approximate surface area is 168 Å². The number of amides is 2. The second-order valence-corrected chi connectivity index (χ2v) is 8.72. The second kappa shape index (κ2) is 9.37. The lowest BCUT2D eigenvalue weighted by atomic mass is 10.0. The lowest BCUT2D eigenvalue weighted by Gasteiger charge is -2.33. The van der Waals surface area contributed by atoms with Crippen molar-refractivity contribution in [2.45, 2.75) is 39.2 Å². The molecule has 0 unspecified atom stereocenters. The van der Waals surface area contributed by atoms with Gasteiger partial charge in [-0.2, -0.15) is 0 Å².